The number of nitriles is 1. The third-order valence-corrected chi connectivity index (χ3v) is 1.31. The van der Waals surface area contributed by atoms with Crippen molar-refractivity contribution < 1.29 is 0 Å². The molecule has 0 N–H and O–H groups in total. The van der Waals surface area contributed by atoms with Crippen molar-refractivity contribution in [2.75, 3.05) is 0 Å². The summed E-state index contributed by atoms with van der Waals surface area (Å²) in [4.78, 5) is 0. The fourth-order valence-corrected chi connectivity index (χ4v) is 0.772. The molecule has 0 fully saturated rings. The van der Waals surface area contributed by atoms with Crippen LogP contribution in [0.15, 0.2) is 36.6 Å². The highest BCUT2D eigenvalue weighted by Crippen LogP contribution is 2.03. The van der Waals surface area contributed by atoms with Gasteiger partial charge in [-0.1, -0.05) is 18.7 Å². The zero-order valence-electron chi connectivity index (χ0n) is 6.04. The number of benzene rings is 1. The van der Waals surface area contributed by atoms with Gasteiger partial charge in [-0.15, -0.1) is 5.73 Å². The molecule has 1 nitrogen and oxygen atoms in total. The van der Waals surface area contributed by atoms with Crippen molar-refractivity contribution in [1.29, 1.82) is 5.26 Å². The molecular formula is C10H7N. The molecule has 0 aliphatic rings. The average Bonchev–Trinajstić information content (AvgIpc) is 2.07. The first-order valence-corrected chi connectivity index (χ1v) is 3.23. The standard InChI is InChI=1S/C10H7N/c1-2-3-9-4-6-10(8-11)7-5-9/h3-7H,1H2. The molecule has 0 heterocycles. The Morgan fingerprint density at radius 2 is 1.91 bits per heavy atom. The Morgan fingerprint density at radius 1 is 1.27 bits per heavy atom. The van der Waals surface area contributed by atoms with Crippen LogP contribution in [0.3, 0.4) is 0 Å². The van der Waals surface area contributed by atoms with Crippen molar-refractivity contribution in [3.05, 3.63) is 47.7 Å². The van der Waals surface area contributed by atoms with Crippen LogP contribution < -0.4 is 0 Å². The van der Waals surface area contributed by atoms with Crippen molar-refractivity contribution in [2.45, 2.75) is 0 Å². The Kier molecular flexibility index (Phi) is 2.28. The Labute approximate surface area is 65.9 Å². The maximum absolute atomic E-state index is 8.47. The van der Waals surface area contributed by atoms with E-state index in [-0.39, 0.29) is 0 Å². The average molecular weight is 141 g/mol. The Balaban J connectivity index is 3.02. The minimum absolute atomic E-state index is 0.672. The summed E-state index contributed by atoms with van der Waals surface area (Å²) >= 11 is 0. The first kappa shape index (κ1) is 7.34. The molecule has 0 aliphatic carbocycles. The van der Waals surface area contributed by atoms with E-state index in [0.29, 0.717) is 5.56 Å². The number of rotatable bonds is 1. The summed E-state index contributed by atoms with van der Waals surface area (Å²) in [5, 5.41) is 8.47. The van der Waals surface area contributed by atoms with Crippen LogP contribution in [0, 0.1) is 11.3 Å². The summed E-state index contributed by atoms with van der Waals surface area (Å²) in [5.74, 6) is 0. The minimum Gasteiger partial charge on any atom is -0.192 e. The quantitative estimate of drug-likeness (QED) is 0.551. The van der Waals surface area contributed by atoms with Gasteiger partial charge in [-0.3, -0.25) is 0 Å². The number of nitrogens with zero attached hydrogens (tertiary/aromatic N) is 1. The molecule has 0 aliphatic heterocycles. The molecule has 1 aromatic rings. The molecule has 0 aromatic heterocycles. The van der Waals surface area contributed by atoms with Gasteiger partial charge in [0.25, 0.3) is 0 Å². The van der Waals surface area contributed by atoms with Crippen molar-refractivity contribution in [3.63, 3.8) is 0 Å². The molecule has 0 atom stereocenters. The zero-order chi connectivity index (χ0) is 8.10. The van der Waals surface area contributed by atoms with Crippen LogP contribution in [0.4, 0.5) is 0 Å². The van der Waals surface area contributed by atoms with Gasteiger partial charge < -0.3 is 0 Å². The Hall–Kier alpha value is -1.77. The molecular weight excluding hydrogens is 134 g/mol. The molecule has 1 rings (SSSR count). The third-order valence-electron chi connectivity index (χ3n) is 1.31. The first-order chi connectivity index (χ1) is 5.36. The second-order valence-electron chi connectivity index (χ2n) is 2.08. The summed E-state index contributed by atoms with van der Waals surface area (Å²) in [6.45, 7) is 3.45. The highest BCUT2D eigenvalue weighted by Gasteiger charge is 1.87. The topological polar surface area (TPSA) is 23.8 Å². The number of hydrogen-bond acceptors (Lipinski definition) is 1. The second kappa shape index (κ2) is 3.41. The maximum atomic E-state index is 8.47. The van der Waals surface area contributed by atoms with Gasteiger partial charge in [0.1, 0.15) is 0 Å². The van der Waals surface area contributed by atoms with E-state index < -0.39 is 0 Å². The van der Waals surface area contributed by atoms with Gasteiger partial charge in [0.2, 0.25) is 0 Å². The predicted octanol–water partition coefficient (Wildman–Crippen LogP) is 2.36. The van der Waals surface area contributed by atoms with E-state index in [2.05, 4.69) is 12.3 Å². The lowest BCUT2D eigenvalue weighted by Crippen LogP contribution is -1.73. The van der Waals surface area contributed by atoms with Crippen LogP contribution in [0.2, 0.25) is 0 Å². The van der Waals surface area contributed by atoms with Gasteiger partial charge >= 0.3 is 0 Å². The summed E-state index contributed by atoms with van der Waals surface area (Å²) < 4.78 is 0. The second-order valence-corrected chi connectivity index (χ2v) is 2.08. The van der Waals surface area contributed by atoms with Crippen molar-refractivity contribution in [2.24, 2.45) is 0 Å². The summed E-state index contributed by atoms with van der Waals surface area (Å²) in [6.07, 6.45) is 1.77. The lowest BCUT2D eigenvalue weighted by atomic mass is 10.1. The minimum atomic E-state index is 0.672. The first-order valence-electron chi connectivity index (χ1n) is 3.23. The summed E-state index contributed by atoms with van der Waals surface area (Å²) in [5.41, 5.74) is 4.35. The van der Waals surface area contributed by atoms with Gasteiger partial charge in [-0.25, -0.2) is 0 Å². The smallest absolute Gasteiger partial charge is 0.0991 e. The van der Waals surface area contributed by atoms with Crippen LogP contribution in [-0.2, 0) is 0 Å². The predicted molar refractivity (Wildman–Crippen MR) is 44.8 cm³/mol. The van der Waals surface area contributed by atoms with Gasteiger partial charge in [-0.2, -0.15) is 5.26 Å². The van der Waals surface area contributed by atoms with E-state index in [1.807, 2.05) is 18.2 Å². The van der Waals surface area contributed by atoms with Crippen LogP contribution in [0.5, 0.6) is 0 Å². The molecule has 0 saturated heterocycles. The molecule has 0 radical (unpaired) electrons. The lowest BCUT2D eigenvalue weighted by Gasteiger charge is -1.89. The largest absolute Gasteiger partial charge is 0.192 e. The Bertz CT molecular complexity index is 321. The molecule has 1 heteroatoms. The molecule has 52 valence electrons. The molecule has 1 aromatic carbocycles. The van der Waals surface area contributed by atoms with Gasteiger partial charge in [0.15, 0.2) is 0 Å². The maximum Gasteiger partial charge on any atom is 0.0991 e. The molecule has 0 amide bonds. The van der Waals surface area contributed by atoms with Gasteiger partial charge in [0, 0.05) is 0 Å². The highest BCUT2D eigenvalue weighted by molar-refractivity contribution is 5.49. The van der Waals surface area contributed by atoms with Gasteiger partial charge in [0.05, 0.1) is 11.6 Å². The van der Waals surface area contributed by atoms with Gasteiger partial charge in [-0.05, 0) is 23.8 Å². The SMILES string of the molecule is C=C=Cc1ccc(C#N)cc1. The van der Waals surface area contributed by atoms with Crippen molar-refractivity contribution in [3.8, 4) is 6.07 Å². The fraction of sp³-hybridized carbons (Fsp3) is 0. The third kappa shape index (κ3) is 1.82. The van der Waals surface area contributed by atoms with Crippen molar-refractivity contribution >= 4 is 6.08 Å². The van der Waals surface area contributed by atoms with Crippen molar-refractivity contribution in [1.82, 2.24) is 0 Å². The van der Waals surface area contributed by atoms with Crippen LogP contribution in [0.1, 0.15) is 11.1 Å². The van der Waals surface area contributed by atoms with E-state index in [4.69, 9.17) is 5.26 Å². The highest BCUT2D eigenvalue weighted by atomic mass is 14.2. The van der Waals surface area contributed by atoms with Crippen LogP contribution in [-0.4, -0.2) is 0 Å². The summed E-state index contributed by atoms with van der Waals surface area (Å²) in [6, 6.07) is 9.30. The van der Waals surface area contributed by atoms with E-state index >= 15 is 0 Å². The molecule has 0 spiro atoms. The molecule has 0 unspecified atom stereocenters. The fourth-order valence-electron chi connectivity index (χ4n) is 0.772. The van der Waals surface area contributed by atoms with E-state index in [1.165, 1.54) is 0 Å². The molecule has 11 heavy (non-hydrogen) atoms. The monoisotopic (exact) mass is 141 g/mol. The lowest BCUT2D eigenvalue weighted by molar-refractivity contribution is 1.48. The number of hydrogen-bond donors (Lipinski definition) is 0. The molecule has 0 bridgehead atoms. The normalized spacial score (nSPS) is 7.91. The molecule has 0 saturated carbocycles. The van der Waals surface area contributed by atoms with Crippen LogP contribution in [0.25, 0.3) is 6.08 Å². The van der Waals surface area contributed by atoms with E-state index in [1.54, 1.807) is 18.2 Å². The zero-order valence-corrected chi connectivity index (χ0v) is 6.04. The summed E-state index contributed by atoms with van der Waals surface area (Å²) in [7, 11) is 0. The van der Waals surface area contributed by atoms with E-state index in [9.17, 15) is 0 Å². The Morgan fingerprint density at radius 3 is 2.36 bits per heavy atom. The van der Waals surface area contributed by atoms with E-state index in [0.717, 1.165) is 5.56 Å². The van der Waals surface area contributed by atoms with Crippen LogP contribution >= 0.6 is 0 Å².